The van der Waals surface area contributed by atoms with Crippen LogP contribution in [-0.2, 0) is 13.2 Å². The minimum Gasteiger partial charge on any atom is -0.493 e. The molecule has 0 radical (unpaired) electrons. The maximum absolute atomic E-state index is 5.99. The minimum absolute atomic E-state index is 0. The van der Waals surface area contributed by atoms with Crippen LogP contribution in [0.1, 0.15) is 56.0 Å². The summed E-state index contributed by atoms with van der Waals surface area (Å²) < 4.78 is 13.2. The van der Waals surface area contributed by atoms with E-state index in [9.17, 15) is 0 Å². The second-order valence-electron chi connectivity index (χ2n) is 7.71. The normalized spacial score (nSPS) is 10.6. The van der Waals surface area contributed by atoms with E-state index in [4.69, 9.17) is 9.47 Å². The van der Waals surface area contributed by atoms with Gasteiger partial charge < -0.3 is 14.8 Å². The van der Waals surface area contributed by atoms with Gasteiger partial charge in [0, 0.05) is 6.54 Å². The number of hydrogen-bond donors (Lipinski definition) is 1. The third kappa shape index (κ3) is 7.50. The van der Waals surface area contributed by atoms with Gasteiger partial charge in [-0.05, 0) is 60.1 Å². The van der Waals surface area contributed by atoms with Crippen molar-refractivity contribution < 1.29 is 9.47 Å². The summed E-state index contributed by atoms with van der Waals surface area (Å²) in [7, 11) is 1.66. The van der Waals surface area contributed by atoms with Gasteiger partial charge in [0.15, 0.2) is 23.9 Å². The first kappa shape index (κ1) is 25.6. The van der Waals surface area contributed by atoms with E-state index in [1.54, 1.807) is 11.8 Å². The topological polar surface area (TPSA) is 74.1 Å². The van der Waals surface area contributed by atoms with Crippen molar-refractivity contribution in [1.29, 1.82) is 0 Å². The Morgan fingerprint density at radius 2 is 1.75 bits per heavy atom. The second kappa shape index (κ2) is 13.7. The maximum atomic E-state index is 5.99. The van der Waals surface area contributed by atoms with E-state index < -0.39 is 0 Å². The summed E-state index contributed by atoms with van der Waals surface area (Å²) in [5, 5.41) is 15.5. The maximum Gasteiger partial charge on any atom is 0.194 e. The largest absolute Gasteiger partial charge is 0.493 e. The van der Waals surface area contributed by atoms with Gasteiger partial charge in [0.05, 0.1) is 12.8 Å². The van der Waals surface area contributed by atoms with Crippen LogP contribution in [0.25, 0.3) is 5.69 Å². The zero-order chi connectivity index (χ0) is 21.9. The molecule has 1 heterocycles. The van der Waals surface area contributed by atoms with E-state index in [0.717, 1.165) is 18.8 Å². The van der Waals surface area contributed by atoms with Crippen LogP contribution in [0.5, 0.6) is 11.5 Å². The first-order chi connectivity index (χ1) is 15.2. The van der Waals surface area contributed by atoms with Gasteiger partial charge in [-0.15, -0.1) is 17.5 Å². The van der Waals surface area contributed by atoms with Gasteiger partial charge in [-0.25, -0.2) is 0 Å². The molecule has 0 aliphatic rings. The van der Waals surface area contributed by atoms with Crippen molar-refractivity contribution >= 4 is 12.4 Å². The molecule has 0 atom stereocenters. The van der Waals surface area contributed by atoms with E-state index in [2.05, 4.69) is 33.8 Å². The van der Waals surface area contributed by atoms with Crippen molar-refractivity contribution in [3.8, 4) is 17.2 Å². The monoisotopic (exact) mass is 459 g/mol. The van der Waals surface area contributed by atoms with Crippen LogP contribution < -0.4 is 14.8 Å². The molecule has 1 aromatic heterocycles. The van der Waals surface area contributed by atoms with E-state index >= 15 is 0 Å². The summed E-state index contributed by atoms with van der Waals surface area (Å²) >= 11 is 0. The highest BCUT2D eigenvalue weighted by Gasteiger charge is 2.12. The molecule has 7 nitrogen and oxygen atoms in total. The van der Waals surface area contributed by atoms with Crippen molar-refractivity contribution in [2.75, 3.05) is 13.7 Å². The number of nitrogens with one attached hydrogen (secondary N) is 1. The number of unbranched alkanes of at least 4 members (excludes halogenated alkanes) is 4. The fourth-order valence-corrected chi connectivity index (χ4v) is 3.35. The second-order valence-corrected chi connectivity index (χ2v) is 7.71. The first-order valence-corrected chi connectivity index (χ1v) is 11.1. The van der Waals surface area contributed by atoms with Crippen LogP contribution in [0, 0.1) is 6.92 Å². The number of aromatic nitrogens is 4. The molecule has 8 heteroatoms. The SMILES string of the molecule is CCCCCCCNCc1ccc(OCc2nnnn2-c2ccc(C)cc2)c(OC)c1.Cl. The molecule has 3 aromatic rings. The predicted molar refractivity (Wildman–Crippen MR) is 129 cm³/mol. The Hall–Kier alpha value is -2.64. The summed E-state index contributed by atoms with van der Waals surface area (Å²) in [6.07, 6.45) is 6.44. The molecule has 0 aliphatic carbocycles. The molecule has 0 spiro atoms. The molecular formula is C24H34ClN5O2. The Morgan fingerprint density at radius 1 is 0.969 bits per heavy atom. The van der Waals surface area contributed by atoms with Crippen LogP contribution in [0.3, 0.4) is 0 Å². The number of rotatable bonds is 13. The molecule has 0 saturated heterocycles. The van der Waals surface area contributed by atoms with E-state index in [1.165, 1.54) is 43.2 Å². The van der Waals surface area contributed by atoms with Crippen LogP contribution in [0.15, 0.2) is 42.5 Å². The van der Waals surface area contributed by atoms with E-state index in [0.29, 0.717) is 17.3 Å². The highest BCUT2D eigenvalue weighted by molar-refractivity contribution is 5.85. The zero-order valence-corrected chi connectivity index (χ0v) is 20.0. The van der Waals surface area contributed by atoms with E-state index in [-0.39, 0.29) is 19.0 Å². The first-order valence-electron chi connectivity index (χ1n) is 11.1. The number of tetrazole rings is 1. The van der Waals surface area contributed by atoms with E-state index in [1.807, 2.05) is 43.3 Å². The highest BCUT2D eigenvalue weighted by atomic mass is 35.5. The fraction of sp³-hybridized carbons (Fsp3) is 0.458. The lowest BCUT2D eigenvalue weighted by Gasteiger charge is -2.13. The van der Waals surface area contributed by atoms with Crippen molar-refractivity contribution in [2.24, 2.45) is 0 Å². The lowest BCUT2D eigenvalue weighted by Crippen LogP contribution is -2.14. The zero-order valence-electron chi connectivity index (χ0n) is 19.2. The lowest BCUT2D eigenvalue weighted by atomic mass is 10.1. The van der Waals surface area contributed by atoms with Crippen molar-refractivity contribution in [2.45, 2.75) is 59.1 Å². The standard InChI is InChI=1S/C24H33N5O2.ClH/c1-4-5-6-7-8-15-25-17-20-11-14-22(23(16-20)30-3)31-18-24-26-27-28-29(24)21-12-9-19(2)10-13-21;/h9-14,16,25H,4-8,15,17-18H2,1-3H3;1H. The quantitative estimate of drug-likeness (QED) is 0.361. The molecule has 1 N–H and O–H groups in total. The number of halogens is 1. The number of ether oxygens (including phenoxy) is 2. The Morgan fingerprint density at radius 3 is 2.50 bits per heavy atom. The highest BCUT2D eigenvalue weighted by Crippen LogP contribution is 2.29. The molecule has 0 bridgehead atoms. The number of benzene rings is 2. The van der Waals surface area contributed by atoms with Gasteiger partial charge in [-0.3, -0.25) is 0 Å². The molecule has 0 fully saturated rings. The van der Waals surface area contributed by atoms with Gasteiger partial charge in [0.2, 0.25) is 0 Å². The van der Waals surface area contributed by atoms with Gasteiger partial charge in [0.25, 0.3) is 0 Å². The average molecular weight is 460 g/mol. The van der Waals surface area contributed by atoms with Gasteiger partial charge in [-0.1, -0.05) is 56.4 Å². The molecule has 0 aliphatic heterocycles. The summed E-state index contributed by atoms with van der Waals surface area (Å²) in [4.78, 5) is 0. The Kier molecular flexibility index (Phi) is 11.0. The minimum atomic E-state index is 0. The molecule has 174 valence electrons. The molecule has 0 amide bonds. The number of hydrogen-bond acceptors (Lipinski definition) is 6. The van der Waals surface area contributed by atoms with Crippen LogP contribution in [0.2, 0.25) is 0 Å². The molecule has 3 rings (SSSR count). The number of aryl methyl sites for hydroxylation is 1. The fourth-order valence-electron chi connectivity index (χ4n) is 3.35. The predicted octanol–water partition coefficient (Wildman–Crippen LogP) is 5.04. The molecule has 32 heavy (non-hydrogen) atoms. The molecule has 0 unspecified atom stereocenters. The van der Waals surface area contributed by atoms with Gasteiger partial charge in [-0.2, -0.15) is 4.68 Å². The third-order valence-corrected chi connectivity index (χ3v) is 5.18. The van der Waals surface area contributed by atoms with Gasteiger partial charge >= 0.3 is 0 Å². The summed E-state index contributed by atoms with van der Waals surface area (Å²) in [5.74, 6) is 2.00. The Balaban J connectivity index is 0.00000363. The van der Waals surface area contributed by atoms with Crippen molar-refractivity contribution in [3.05, 3.63) is 59.4 Å². The number of nitrogens with zero attached hydrogens (tertiary/aromatic N) is 4. The summed E-state index contributed by atoms with van der Waals surface area (Å²) in [5.41, 5.74) is 3.25. The Labute approximate surface area is 196 Å². The lowest BCUT2D eigenvalue weighted by molar-refractivity contribution is 0.273. The van der Waals surface area contributed by atoms with Crippen LogP contribution in [0.4, 0.5) is 0 Å². The van der Waals surface area contributed by atoms with Gasteiger partial charge in [0.1, 0.15) is 0 Å². The van der Waals surface area contributed by atoms with Crippen molar-refractivity contribution in [1.82, 2.24) is 25.5 Å². The molecule has 2 aromatic carbocycles. The van der Waals surface area contributed by atoms with Crippen LogP contribution in [-0.4, -0.2) is 33.9 Å². The molecular weight excluding hydrogens is 426 g/mol. The smallest absolute Gasteiger partial charge is 0.194 e. The summed E-state index contributed by atoms with van der Waals surface area (Å²) in [6.45, 7) is 6.38. The number of methoxy groups -OCH3 is 1. The third-order valence-electron chi connectivity index (χ3n) is 5.18. The van der Waals surface area contributed by atoms with Crippen molar-refractivity contribution in [3.63, 3.8) is 0 Å². The van der Waals surface area contributed by atoms with Crippen LogP contribution >= 0.6 is 12.4 Å². The Bertz CT molecular complexity index is 930. The molecule has 0 saturated carbocycles. The summed E-state index contributed by atoms with van der Waals surface area (Å²) in [6, 6.07) is 14.1. The average Bonchev–Trinajstić information content (AvgIpc) is 3.26.